The molecule has 3 aromatic carbocycles. The minimum Gasteiger partial charge on any atom is -0.356 e. The van der Waals surface area contributed by atoms with Crippen LogP contribution < -0.4 is 5.32 Å². The number of fused-ring (bicyclic) bond motifs is 3. The van der Waals surface area contributed by atoms with Crippen molar-refractivity contribution in [2.24, 2.45) is 0 Å². The van der Waals surface area contributed by atoms with Gasteiger partial charge in [0.25, 0.3) is 0 Å². The monoisotopic (exact) mass is 422 g/mol. The summed E-state index contributed by atoms with van der Waals surface area (Å²) in [6.07, 6.45) is 6.85. The van der Waals surface area contributed by atoms with E-state index < -0.39 is 0 Å². The number of aryl methyl sites for hydroxylation is 3. The van der Waals surface area contributed by atoms with Gasteiger partial charge in [0, 0.05) is 31.4 Å². The van der Waals surface area contributed by atoms with Crippen LogP contribution in [0.5, 0.6) is 0 Å². The number of aromatic nitrogens is 3. The quantitative estimate of drug-likeness (QED) is 0.296. The van der Waals surface area contributed by atoms with Crippen molar-refractivity contribution in [2.75, 3.05) is 6.54 Å². The highest BCUT2D eigenvalue weighted by Gasteiger charge is 2.10. The van der Waals surface area contributed by atoms with Crippen LogP contribution >= 0.6 is 0 Å². The van der Waals surface area contributed by atoms with Crippen molar-refractivity contribution < 1.29 is 4.79 Å². The van der Waals surface area contributed by atoms with Crippen LogP contribution in [0.25, 0.3) is 27.2 Å². The molecule has 32 heavy (non-hydrogen) atoms. The van der Waals surface area contributed by atoms with Crippen molar-refractivity contribution in [2.45, 2.75) is 32.6 Å². The fourth-order valence-electron chi connectivity index (χ4n) is 4.39. The lowest BCUT2D eigenvalue weighted by atomic mass is 9.94. The van der Waals surface area contributed by atoms with Gasteiger partial charge in [-0.05, 0) is 64.9 Å². The highest BCUT2D eigenvalue weighted by atomic mass is 16.1. The van der Waals surface area contributed by atoms with Crippen molar-refractivity contribution in [3.63, 3.8) is 0 Å². The first-order valence-corrected chi connectivity index (χ1v) is 11.1. The topological polar surface area (TPSA) is 59.3 Å². The number of carbonyl (C=O) groups excluding carboxylic acids is 1. The van der Waals surface area contributed by atoms with Crippen LogP contribution in [0, 0.1) is 6.92 Å². The Bertz CT molecular complexity index is 1370. The molecule has 0 bridgehead atoms. The van der Waals surface area contributed by atoms with Gasteiger partial charge in [0.1, 0.15) is 0 Å². The van der Waals surface area contributed by atoms with Gasteiger partial charge in [-0.2, -0.15) is 5.10 Å². The molecule has 0 aliphatic rings. The zero-order chi connectivity index (χ0) is 21.9. The van der Waals surface area contributed by atoms with Crippen molar-refractivity contribution in [1.29, 1.82) is 0 Å². The summed E-state index contributed by atoms with van der Waals surface area (Å²) in [5.41, 5.74) is 4.20. The summed E-state index contributed by atoms with van der Waals surface area (Å²) in [6, 6.07) is 21.0. The van der Waals surface area contributed by atoms with E-state index in [-0.39, 0.29) is 5.91 Å². The molecule has 0 atom stereocenters. The molecule has 0 spiro atoms. The molecular weight excluding hydrogens is 396 g/mol. The van der Waals surface area contributed by atoms with Crippen molar-refractivity contribution in [3.8, 4) is 0 Å². The largest absolute Gasteiger partial charge is 0.356 e. The zero-order valence-corrected chi connectivity index (χ0v) is 18.2. The van der Waals surface area contributed by atoms with Gasteiger partial charge in [-0.1, -0.05) is 48.5 Å². The minimum atomic E-state index is 0.0956. The van der Waals surface area contributed by atoms with E-state index in [0.29, 0.717) is 13.0 Å². The van der Waals surface area contributed by atoms with Gasteiger partial charge in [-0.25, -0.2) is 9.50 Å². The molecular formula is C27H26N4O. The van der Waals surface area contributed by atoms with Gasteiger partial charge >= 0.3 is 0 Å². The highest BCUT2D eigenvalue weighted by Crippen LogP contribution is 2.29. The van der Waals surface area contributed by atoms with Gasteiger partial charge < -0.3 is 5.32 Å². The van der Waals surface area contributed by atoms with Crippen LogP contribution in [0.3, 0.4) is 0 Å². The van der Waals surface area contributed by atoms with E-state index in [1.807, 2.05) is 29.9 Å². The Balaban J connectivity index is 1.19. The van der Waals surface area contributed by atoms with E-state index in [4.69, 9.17) is 0 Å². The smallest absolute Gasteiger partial charge is 0.220 e. The summed E-state index contributed by atoms with van der Waals surface area (Å²) in [5.74, 6) is 0.0956. The van der Waals surface area contributed by atoms with Crippen LogP contribution in [-0.2, 0) is 17.6 Å². The van der Waals surface area contributed by atoms with Gasteiger partial charge in [-0.3, -0.25) is 4.79 Å². The standard InChI is InChI=1S/C27H26N4O/c1-19-15-26-29-17-20(18-31(26)30-19)7-6-14-28-27(32)13-12-25-23-10-4-2-8-21(23)16-22-9-3-5-11-24(22)25/h2-5,8-11,15-18H,6-7,12-14H2,1H3,(H,28,32). The Kier molecular flexibility index (Phi) is 5.55. The zero-order valence-electron chi connectivity index (χ0n) is 18.2. The molecule has 5 rings (SSSR count). The molecule has 160 valence electrons. The first-order valence-electron chi connectivity index (χ1n) is 11.1. The number of rotatable bonds is 7. The Morgan fingerprint density at radius 2 is 1.69 bits per heavy atom. The van der Waals surface area contributed by atoms with E-state index in [9.17, 15) is 4.79 Å². The van der Waals surface area contributed by atoms with E-state index in [1.165, 1.54) is 27.1 Å². The summed E-state index contributed by atoms with van der Waals surface area (Å²) >= 11 is 0. The first kappa shape index (κ1) is 20.2. The lowest BCUT2D eigenvalue weighted by molar-refractivity contribution is -0.121. The molecule has 5 aromatic rings. The molecule has 0 unspecified atom stereocenters. The van der Waals surface area contributed by atoms with E-state index >= 15 is 0 Å². The number of hydrogen-bond acceptors (Lipinski definition) is 3. The molecule has 1 amide bonds. The van der Waals surface area contributed by atoms with Gasteiger partial charge in [-0.15, -0.1) is 0 Å². The number of benzene rings is 3. The summed E-state index contributed by atoms with van der Waals surface area (Å²) < 4.78 is 1.82. The number of nitrogens with one attached hydrogen (secondary N) is 1. The summed E-state index contributed by atoms with van der Waals surface area (Å²) in [5, 5.41) is 12.4. The third-order valence-electron chi connectivity index (χ3n) is 5.94. The second kappa shape index (κ2) is 8.79. The predicted molar refractivity (Wildman–Crippen MR) is 129 cm³/mol. The van der Waals surface area contributed by atoms with Crippen LogP contribution in [0.2, 0.25) is 0 Å². The Morgan fingerprint density at radius 1 is 0.969 bits per heavy atom. The van der Waals surface area contributed by atoms with Gasteiger partial charge in [0.2, 0.25) is 5.91 Å². The fourth-order valence-corrected chi connectivity index (χ4v) is 4.39. The third kappa shape index (κ3) is 4.19. The third-order valence-corrected chi connectivity index (χ3v) is 5.94. The van der Waals surface area contributed by atoms with E-state index in [0.717, 1.165) is 36.2 Å². The Hall–Kier alpha value is -3.73. The van der Waals surface area contributed by atoms with Crippen LogP contribution in [0.15, 0.2) is 73.1 Å². The Morgan fingerprint density at radius 3 is 2.44 bits per heavy atom. The van der Waals surface area contributed by atoms with E-state index in [2.05, 4.69) is 70.0 Å². The van der Waals surface area contributed by atoms with E-state index in [1.54, 1.807) is 0 Å². The first-order chi connectivity index (χ1) is 15.7. The van der Waals surface area contributed by atoms with Crippen LogP contribution in [0.4, 0.5) is 0 Å². The maximum Gasteiger partial charge on any atom is 0.220 e. The van der Waals surface area contributed by atoms with Crippen LogP contribution in [0.1, 0.15) is 29.7 Å². The van der Waals surface area contributed by atoms with Crippen molar-refractivity contribution in [1.82, 2.24) is 19.9 Å². The molecule has 0 aliphatic heterocycles. The number of hydrogen-bond donors (Lipinski definition) is 1. The molecule has 2 aromatic heterocycles. The number of carbonyl (C=O) groups is 1. The molecule has 0 saturated heterocycles. The predicted octanol–water partition coefficient (Wildman–Crippen LogP) is 5.03. The van der Waals surface area contributed by atoms with Crippen LogP contribution in [-0.4, -0.2) is 27.0 Å². The normalized spacial score (nSPS) is 11.4. The number of amides is 1. The van der Waals surface area contributed by atoms with Gasteiger partial charge in [0.15, 0.2) is 5.65 Å². The van der Waals surface area contributed by atoms with Crippen molar-refractivity contribution in [3.05, 3.63) is 89.9 Å². The molecule has 0 radical (unpaired) electrons. The SMILES string of the molecule is Cc1cc2ncc(CCCNC(=O)CCc3c4ccccc4cc4ccccc34)cn2n1. The molecule has 0 aliphatic carbocycles. The Labute approximate surface area is 187 Å². The summed E-state index contributed by atoms with van der Waals surface area (Å²) in [4.78, 5) is 17.0. The molecule has 1 N–H and O–H groups in total. The lowest BCUT2D eigenvalue weighted by Gasteiger charge is -2.12. The fraction of sp³-hybridized carbons (Fsp3) is 0.222. The summed E-state index contributed by atoms with van der Waals surface area (Å²) in [7, 11) is 0. The van der Waals surface area contributed by atoms with Crippen molar-refractivity contribution >= 4 is 33.1 Å². The second-order valence-electron chi connectivity index (χ2n) is 8.30. The second-order valence-corrected chi connectivity index (χ2v) is 8.30. The lowest BCUT2D eigenvalue weighted by Crippen LogP contribution is -2.25. The van der Waals surface area contributed by atoms with Gasteiger partial charge in [0.05, 0.1) is 5.69 Å². The maximum absolute atomic E-state index is 12.5. The highest BCUT2D eigenvalue weighted by molar-refractivity contribution is 6.02. The molecule has 5 nitrogen and oxygen atoms in total. The number of nitrogens with zero attached hydrogens (tertiary/aromatic N) is 3. The average molecular weight is 423 g/mol. The molecule has 0 fully saturated rings. The molecule has 5 heteroatoms. The maximum atomic E-state index is 12.5. The molecule has 2 heterocycles. The average Bonchev–Trinajstić information content (AvgIpc) is 3.18. The molecule has 0 saturated carbocycles. The minimum absolute atomic E-state index is 0.0956. The summed E-state index contributed by atoms with van der Waals surface area (Å²) in [6.45, 7) is 2.62.